The minimum atomic E-state index is 0.441. The highest BCUT2D eigenvalue weighted by Gasteiger charge is 2.27. The van der Waals surface area contributed by atoms with Crippen molar-refractivity contribution in [1.29, 1.82) is 0 Å². The average Bonchev–Trinajstić information content (AvgIpc) is 2.91. The van der Waals surface area contributed by atoms with Gasteiger partial charge in [0.25, 0.3) is 0 Å². The third-order valence-corrected chi connectivity index (χ3v) is 5.53. The van der Waals surface area contributed by atoms with Crippen molar-refractivity contribution in [2.24, 2.45) is 0 Å². The van der Waals surface area contributed by atoms with Gasteiger partial charge in [-0.2, -0.15) is 0 Å². The summed E-state index contributed by atoms with van der Waals surface area (Å²) in [6, 6.07) is 0.463. The monoisotopic (exact) mass is 281 g/mol. The maximum Gasteiger partial charge on any atom is 0.185 e. The number of methoxy groups -OCH3 is 1. The van der Waals surface area contributed by atoms with Crippen molar-refractivity contribution in [2.75, 3.05) is 32.1 Å². The molecule has 1 N–H and O–H groups in total. The van der Waals surface area contributed by atoms with Crippen molar-refractivity contribution in [1.82, 2.24) is 10.3 Å². The SMILES string of the molecule is CNC1CCCc2sc(N3CCC(OC)CC3)nc21. The average molecular weight is 281 g/mol. The van der Waals surface area contributed by atoms with Crippen LogP contribution in [0.5, 0.6) is 0 Å². The summed E-state index contributed by atoms with van der Waals surface area (Å²) in [4.78, 5) is 8.85. The smallest absolute Gasteiger partial charge is 0.185 e. The Bertz CT molecular complexity index is 426. The van der Waals surface area contributed by atoms with Gasteiger partial charge in [-0.1, -0.05) is 0 Å². The van der Waals surface area contributed by atoms with Gasteiger partial charge in [0.1, 0.15) is 0 Å². The number of nitrogens with one attached hydrogen (secondary N) is 1. The number of ether oxygens (including phenoxy) is 1. The standard InChI is InChI=1S/C14H23N3OS/c1-15-11-4-3-5-12-13(11)16-14(19-12)17-8-6-10(18-2)7-9-17/h10-11,15H,3-9H2,1-2H3. The number of piperidine rings is 1. The Morgan fingerprint density at radius 1 is 1.32 bits per heavy atom. The molecule has 2 heterocycles. The van der Waals surface area contributed by atoms with E-state index in [1.165, 1.54) is 35.0 Å². The van der Waals surface area contributed by atoms with Gasteiger partial charge in [0.15, 0.2) is 5.13 Å². The van der Waals surface area contributed by atoms with E-state index >= 15 is 0 Å². The van der Waals surface area contributed by atoms with Gasteiger partial charge in [-0.05, 0) is 39.2 Å². The van der Waals surface area contributed by atoms with E-state index in [9.17, 15) is 0 Å². The minimum absolute atomic E-state index is 0.441. The largest absolute Gasteiger partial charge is 0.381 e. The first kappa shape index (κ1) is 13.3. The van der Waals surface area contributed by atoms with E-state index < -0.39 is 0 Å². The molecule has 4 nitrogen and oxygen atoms in total. The topological polar surface area (TPSA) is 37.4 Å². The number of hydrogen-bond donors (Lipinski definition) is 1. The van der Waals surface area contributed by atoms with Gasteiger partial charge in [0.2, 0.25) is 0 Å². The fourth-order valence-corrected chi connectivity index (χ4v) is 4.32. The molecule has 1 aromatic heterocycles. The molecule has 0 saturated carbocycles. The zero-order valence-corrected chi connectivity index (χ0v) is 12.6. The van der Waals surface area contributed by atoms with Crippen LogP contribution in [-0.2, 0) is 11.2 Å². The van der Waals surface area contributed by atoms with Crippen molar-refractivity contribution in [3.8, 4) is 0 Å². The summed E-state index contributed by atoms with van der Waals surface area (Å²) in [5, 5.41) is 4.62. The zero-order chi connectivity index (χ0) is 13.2. The van der Waals surface area contributed by atoms with E-state index in [0.717, 1.165) is 25.9 Å². The quantitative estimate of drug-likeness (QED) is 0.923. The second-order valence-electron chi connectivity index (χ2n) is 5.46. The van der Waals surface area contributed by atoms with E-state index in [4.69, 9.17) is 9.72 Å². The molecule has 1 saturated heterocycles. The van der Waals surface area contributed by atoms with Crippen LogP contribution in [0.25, 0.3) is 0 Å². The predicted molar refractivity (Wildman–Crippen MR) is 79.1 cm³/mol. The Labute approximate surface area is 119 Å². The lowest BCUT2D eigenvalue weighted by Gasteiger charge is -2.30. The molecule has 106 valence electrons. The van der Waals surface area contributed by atoms with E-state index in [0.29, 0.717) is 12.1 Å². The highest BCUT2D eigenvalue weighted by molar-refractivity contribution is 7.15. The first-order chi connectivity index (χ1) is 9.31. The minimum Gasteiger partial charge on any atom is -0.381 e. The van der Waals surface area contributed by atoms with Gasteiger partial charge in [0, 0.05) is 25.1 Å². The highest BCUT2D eigenvalue weighted by Crippen LogP contribution is 2.37. The van der Waals surface area contributed by atoms with Crippen molar-refractivity contribution in [2.45, 2.75) is 44.2 Å². The number of rotatable bonds is 3. The molecule has 1 aliphatic carbocycles. The summed E-state index contributed by atoms with van der Waals surface area (Å²) >= 11 is 1.90. The lowest BCUT2D eigenvalue weighted by atomic mass is 9.98. The Balaban J connectivity index is 1.74. The molecule has 19 heavy (non-hydrogen) atoms. The molecular formula is C14H23N3OS. The van der Waals surface area contributed by atoms with Crippen LogP contribution >= 0.6 is 11.3 Å². The van der Waals surface area contributed by atoms with E-state index in [-0.39, 0.29) is 0 Å². The maximum atomic E-state index is 5.44. The molecule has 0 bridgehead atoms. The third-order valence-electron chi connectivity index (χ3n) is 4.34. The maximum absolute atomic E-state index is 5.44. The molecular weight excluding hydrogens is 258 g/mol. The summed E-state index contributed by atoms with van der Waals surface area (Å²) in [6.45, 7) is 2.16. The lowest BCUT2D eigenvalue weighted by molar-refractivity contribution is 0.0819. The van der Waals surface area contributed by atoms with Crippen LogP contribution in [0.2, 0.25) is 0 Å². The molecule has 0 aromatic carbocycles. The molecule has 1 atom stereocenters. The molecule has 1 aromatic rings. The van der Waals surface area contributed by atoms with Gasteiger partial charge in [-0.3, -0.25) is 0 Å². The Hall–Kier alpha value is -0.650. The van der Waals surface area contributed by atoms with Crippen LogP contribution in [0.3, 0.4) is 0 Å². The third kappa shape index (κ3) is 2.64. The van der Waals surface area contributed by atoms with Crippen molar-refractivity contribution in [3.63, 3.8) is 0 Å². The van der Waals surface area contributed by atoms with Crippen LogP contribution in [0.1, 0.15) is 42.3 Å². The number of aryl methyl sites for hydroxylation is 1. The van der Waals surface area contributed by atoms with Gasteiger partial charge < -0.3 is 15.0 Å². The fourth-order valence-electron chi connectivity index (χ4n) is 3.10. The van der Waals surface area contributed by atoms with Crippen LogP contribution in [-0.4, -0.2) is 38.3 Å². The van der Waals surface area contributed by atoms with Gasteiger partial charge in [-0.25, -0.2) is 4.98 Å². The van der Waals surface area contributed by atoms with E-state index in [2.05, 4.69) is 10.2 Å². The summed E-state index contributed by atoms with van der Waals surface area (Å²) in [6.07, 6.45) is 6.40. The molecule has 1 unspecified atom stereocenters. The van der Waals surface area contributed by atoms with Gasteiger partial charge >= 0.3 is 0 Å². The summed E-state index contributed by atoms with van der Waals surface area (Å²) in [5.74, 6) is 0. The second-order valence-corrected chi connectivity index (χ2v) is 6.52. The zero-order valence-electron chi connectivity index (χ0n) is 11.8. The molecule has 0 radical (unpaired) electrons. The fraction of sp³-hybridized carbons (Fsp3) is 0.786. The number of thiazole rings is 1. The molecule has 2 aliphatic rings. The molecule has 5 heteroatoms. The van der Waals surface area contributed by atoms with Gasteiger partial charge in [-0.15, -0.1) is 11.3 Å². The number of hydrogen-bond acceptors (Lipinski definition) is 5. The van der Waals surface area contributed by atoms with E-state index in [1.54, 1.807) is 0 Å². The van der Waals surface area contributed by atoms with Crippen molar-refractivity contribution < 1.29 is 4.74 Å². The second kappa shape index (κ2) is 5.77. The van der Waals surface area contributed by atoms with E-state index in [1.807, 2.05) is 25.5 Å². The summed E-state index contributed by atoms with van der Waals surface area (Å²) < 4.78 is 5.44. The number of nitrogens with zero attached hydrogens (tertiary/aromatic N) is 2. The highest BCUT2D eigenvalue weighted by atomic mass is 32.1. The Morgan fingerprint density at radius 2 is 2.11 bits per heavy atom. The molecule has 0 spiro atoms. The molecule has 1 aliphatic heterocycles. The first-order valence-corrected chi connectivity index (χ1v) is 8.08. The number of anilines is 1. The van der Waals surface area contributed by atoms with Gasteiger partial charge in [0.05, 0.1) is 17.8 Å². The number of aromatic nitrogens is 1. The molecule has 0 amide bonds. The Kier molecular flexibility index (Phi) is 4.05. The van der Waals surface area contributed by atoms with Crippen LogP contribution < -0.4 is 10.2 Å². The first-order valence-electron chi connectivity index (χ1n) is 7.26. The van der Waals surface area contributed by atoms with Crippen LogP contribution in [0, 0.1) is 0 Å². The summed E-state index contributed by atoms with van der Waals surface area (Å²) in [5.41, 5.74) is 1.31. The Morgan fingerprint density at radius 3 is 2.79 bits per heavy atom. The predicted octanol–water partition coefficient (Wildman–Crippen LogP) is 2.36. The molecule has 1 fully saturated rings. The molecule has 3 rings (SSSR count). The van der Waals surface area contributed by atoms with Crippen molar-refractivity contribution in [3.05, 3.63) is 10.6 Å². The van der Waals surface area contributed by atoms with Crippen molar-refractivity contribution >= 4 is 16.5 Å². The normalized spacial score (nSPS) is 24.5. The number of fused-ring (bicyclic) bond motifs is 1. The van der Waals surface area contributed by atoms with Crippen LogP contribution in [0.4, 0.5) is 5.13 Å². The lowest BCUT2D eigenvalue weighted by Crippen LogP contribution is -2.36. The summed E-state index contributed by atoms with van der Waals surface area (Å²) in [7, 11) is 3.86. The van der Waals surface area contributed by atoms with Crippen LogP contribution in [0.15, 0.2) is 0 Å².